The van der Waals surface area contributed by atoms with Gasteiger partial charge in [0.05, 0.1) is 0 Å². The Kier molecular flexibility index (Phi) is 2.89. The summed E-state index contributed by atoms with van der Waals surface area (Å²) in [5.74, 6) is 0.738. The molecule has 1 heterocycles. The average Bonchev–Trinajstić information content (AvgIpc) is 2.83. The van der Waals surface area contributed by atoms with E-state index < -0.39 is 0 Å². The van der Waals surface area contributed by atoms with E-state index >= 15 is 0 Å². The van der Waals surface area contributed by atoms with E-state index in [0.29, 0.717) is 6.54 Å². The summed E-state index contributed by atoms with van der Waals surface area (Å²) in [7, 11) is 0. The van der Waals surface area contributed by atoms with E-state index in [2.05, 4.69) is 29.2 Å². The number of fused-ring (bicyclic) bond motifs is 1. The zero-order chi connectivity index (χ0) is 11.7. The van der Waals surface area contributed by atoms with Gasteiger partial charge in [0, 0.05) is 23.1 Å². The second-order valence-electron chi connectivity index (χ2n) is 5.14. The highest BCUT2D eigenvalue weighted by Crippen LogP contribution is 2.34. The van der Waals surface area contributed by atoms with Gasteiger partial charge < -0.3 is 10.7 Å². The van der Waals surface area contributed by atoms with Crippen molar-refractivity contribution in [2.75, 3.05) is 0 Å². The molecule has 1 saturated carbocycles. The van der Waals surface area contributed by atoms with Crippen LogP contribution in [0.3, 0.4) is 0 Å². The van der Waals surface area contributed by atoms with Gasteiger partial charge in [-0.15, -0.1) is 0 Å². The highest BCUT2D eigenvalue weighted by atomic mass is 14.7. The summed E-state index contributed by atoms with van der Waals surface area (Å²) >= 11 is 0. The zero-order valence-corrected chi connectivity index (χ0v) is 10.2. The maximum atomic E-state index is 5.79. The van der Waals surface area contributed by atoms with Gasteiger partial charge in [-0.2, -0.15) is 0 Å². The molecule has 17 heavy (non-hydrogen) atoms. The lowest BCUT2D eigenvalue weighted by Gasteiger charge is -2.20. The van der Waals surface area contributed by atoms with Crippen LogP contribution >= 0.6 is 0 Å². The predicted octanol–water partition coefficient (Wildman–Crippen LogP) is 3.67. The van der Waals surface area contributed by atoms with Crippen molar-refractivity contribution < 1.29 is 0 Å². The standard InChI is InChI=1S/C15H20N2/c16-10-12-7-4-8-14-13(12)9-15(17-14)11-5-2-1-3-6-11/h4,7-9,11,17H,1-3,5-6,10,16H2. The molecule has 1 aliphatic carbocycles. The highest BCUT2D eigenvalue weighted by Gasteiger charge is 2.17. The Morgan fingerprint density at radius 1 is 1.18 bits per heavy atom. The maximum absolute atomic E-state index is 5.79. The smallest absolute Gasteiger partial charge is 0.0459 e. The first kappa shape index (κ1) is 10.8. The van der Waals surface area contributed by atoms with Gasteiger partial charge in [0.25, 0.3) is 0 Å². The van der Waals surface area contributed by atoms with Crippen LogP contribution in [0.2, 0.25) is 0 Å². The molecule has 0 amide bonds. The minimum absolute atomic E-state index is 0.624. The second kappa shape index (κ2) is 4.53. The van der Waals surface area contributed by atoms with Gasteiger partial charge in [-0.1, -0.05) is 31.4 Å². The number of nitrogens with two attached hydrogens (primary N) is 1. The Balaban J connectivity index is 2.00. The van der Waals surface area contributed by atoms with Crippen LogP contribution in [0, 0.1) is 0 Å². The molecule has 1 aromatic heterocycles. The largest absolute Gasteiger partial charge is 0.358 e. The molecule has 90 valence electrons. The zero-order valence-electron chi connectivity index (χ0n) is 10.2. The van der Waals surface area contributed by atoms with Crippen LogP contribution in [0.1, 0.15) is 49.3 Å². The number of hydrogen-bond acceptors (Lipinski definition) is 1. The van der Waals surface area contributed by atoms with E-state index in [-0.39, 0.29) is 0 Å². The first-order valence-electron chi connectivity index (χ1n) is 6.69. The van der Waals surface area contributed by atoms with E-state index in [0.717, 1.165) is 5.92 Å². The number of rotatable bonds is 2. The molecule has 0 aliphatic heterocycles. The van der Waals surface area contributed by atoms with E-state index in [1.54, 1.807) is 0 Å². The number of aromatic nitrogens is 1. The number of nitrogens with one attached hydrogen (secondary N) is 1. The Hall–Kier alpha value is -1.28. The highest BCUT2D eigenvalue weighted by molar-refractivity contribution is 5.84. The van der Waals surface area contributed by atoms with Gasteiger partial charge in [-0.3, -0.25) is 0 Å². The van der Waals surface area contributed by atoms with Crippen LogP contribution in [-0.2, 0) is 6.54 Å². The van der Waals surface area contributed by atoms with Crippen molar-refractivity contribution in [2.24, 2.45) is 5.73 Å². The molecular formula is C15H20N2. The first-order chi connectivity index (χ1) is 8.38. The van der Waals surface area contributed by atoms with E-state index in [1.165, 1.54) is 54.3 Å². The van der Waals surface area contributed by atoms with Gasteiger partial charge in [0.1, 0.15) is 0 Å². The lowest BCUT2D eigenvalue weighted by atomic mass is 9.87. The van der Waals surface area contributed by atoms with Gasteiger partial charge in [0.15, 0.2) is 0 Å². The first-order valence-corrected chi connectivity index (χ1v) is 6.69. The molecule has 3 rings (SSSR count). The number of aromatic amines is 1. The van der Waals surface area contributed by atoms with Crippen LogP contribution in [0.15, 0.2) is 24.3 Å². The van der Waals surface area contributed by atoms with Crippen molar-refractivity contribution >= 4 is 10.9 Å². The summed E-state index contributed by atoms with van der Waals surface area (Å²) in [6.45, 7) is 0.624. The second-order valence-corrected chi connectivity index (χ2v) is 5.14. The lowest BCUT2D eigenvalue weighted by Crippen LogP contribution is -2.04. The van der Waals surface area contributed by atoms with E-state index in [1.807, 2.05) is 0 Å². The fourth-order valence-electron chi connectivity index (χ4n) is 3.05. The van der Waals surface area contributed by atoms with Crippen molar-refractivity contribution in [1.29, 1.82) is 0 Å². The topological polar surface area (TPSA) is 41.8 Å². The Labute approximate surface area is 102 Å². The van der Waals surface area contributed by atoms with Crippen LogP contribution in [0.25, 0.3) is 10.9 Å². The molecule has 1 fully saturated rings. The quantitative estimate of drug-likeness (QED) is 0.809. The van der Waals surface area contributed by atoms with Gasteiger partial charge in [-0.25, -0.2) is 0 Å². The maximum Gasteiger partial charge on any atom is 0.0459 e. The van der Waals surface area contributed by atoms with E-state index in [9.17, 15) is 0 Å². The Bertz CT molecular complexity index is 507. The van der Waals surface area contributed by atoms with Gasteiger partial charge in [-0.05, 0) is 36.5 Å². The molecule has 0 radical (unpaired) electrons. The molecule has 2 aromatic rings. The minimum atomic E-state index is 0.624. The van der Waals surface area contributed by atoms with Crippen LogP contribution in [0.5, 0.6) is 0 Å². The summed E-state index contributed by atoms with van der Waals surface area (Å²) in [6.07, 6.45) is 6.84. The summed E-state index contributed by atoms with van der Waals surface area (Å²) in [5, 5.41) is 1.32. The average molecular weight is 228 g/mol. The Morgan fingerprint density at radius 3 is 2.76 bits per heavy atom. The molecule has 3 N–H and O–H groups in total. The van der Waals surface area contributed by atoms with Crippen molar-refractivity contribution in [3.8, 4) is 0 Å². The third kappa shape index (κ3) is 1.98. The number of benzene rings is 1. The van der Waals surface area contributed by atoms with Crippen LogP contribution in [0.4, 0.5) is 0 Å². The molecule has 0 saturated heterocycles. The molecule has 2 nitrogen and oxygen atoms in total. The van der Waals surface area contributed by atoms with Crippen LogP contribution in [-0.4, -0.2) is 4.98 Å². The predicted molar refractivity (Wildman–Crippen MR) is 72.0 cm³/mol. The lowest BCUT2D eigenvalue weighted by molar-refractivity contribution is 0.438. The van der Waals surface area contributed by atoms with Crippen molar-refractivity contribution in [1.82, 2.24) is 4.98 Å². The molecule has 1 aliphatic rings. The monoisotopic (exact) mass is 228 g/mol. The third-order valence-electron chi connectivity index (χ3n) is 4.04. The van der Waals surface area contributed by atoms with Gasteiger partial charge in [0.2, 0.25) is 0 Å². The van der Waals surface area contributed by atoms with Crippen molar-refractivity contribution in [2.45, 2.75) is 44.6 Å². The summed E-state index contributed by atoms with van der Waals surface area (Å²) in [6, 6.07) is 8.70. The molecule has 2 heteroatoms. The van der Waals surface area contributed by atoms with Crippen molar-refractivity contribution in [3.63, 3.8) is 0 Å². The van der Waals surface area contributed by atoms with Gasteiger partial charge >= 0.3 is 0 Å². The third-order valence-corrected chi connectivity index (χ3v) is 4.04. The molecule has 0 atom stereocenters. The fraction of sp³-hybridized carbons (Fsp3) is 0.467. The summed E-state index contributed by atoms with van der Waals surface area (Å²) < 4.78 is 0. The minimum Gasteiger partial charge on any atom is -0.358 e. The normalized spacial score (nSPS) is 17.7. The molecule has 0 spiro atoms. The summed E-state index contributed by atoms with van der Waals surface area (Å²) in [4.78, 5) is 3.58. The molecule has 1 aromatic carbocycles. The molecule has 0 bridgehead atoms. The number of hydrogen-bond donors (Lipinski definition) is 2. The Morgan fingerprint density at radius 2 is 2.00 bits per heavy atom. The SMILES string of the molecule is NCc1cccc2[nH]c(C3CCCCC3)cc12. The number of H-pyrrole nitrogens is 1. The fourth-order valence-corrected chi connectivity index (χ4v) is 3.05. The molecule has 0 unspecified atom stereocenters. The summed E-state index contributed by atoms with van der Waals surface area (Å²) in [5.41, 5.74) is 9.70. The van der Waals surface area contributed by atoms with Crippen molar-refractivity contribution in [3.05, 3.63) is 35.5 Å². The van der Waals surface area contributed by atoms with Crippen LogP contribution < -0.4 is 5.73 Å². The van der Waals surface area contributed by atoms with E-state index in [4.69, 9.17) is 5.73 Å². The molecular weight excluding hydrogens is 208 g/mol.